The molecule has 0 spiro atoms. The van der Waals surface area contributed by atoms with Crippen molar-refractivity contribution in [2.24, 2.45) is 4.99 Å². The molecule has 0 unspecified atom stereocenters. The van der Waals surface area contributed by atoms with Crippen LogP contribution in [0.2, 0.25) is 0 Å². The Bertz CT molecular complexity index is 997. The monoisotopic (exact) mass is 419 g/mol. The van der Waals surface area contributed by atoms with Gasteiger partial charge in [-0.15, -0.1) is 0 Å². The van der Waals surface area contributed by atoms with Crippen LogP contribution in [0.25, 0.3) is 0 Å². The number of urea groups is 1. The fourth-order valence-electron chi connectivity index (χ4n) is 4.12. The Labute approximate surface area is 183 Å². The number of amidine groups is 1. The van der Waals surface area contributed by atoms with Crippen LogP contribution in [0.15, 0.2) is 53.5 Å². The van der Waals surface area contributed by atoms with Crippen molar-refractivity contribution in [3.8, 4) is 0 Å². The zero-order chi connectivity index (χ0) is 21.8. The predicted octanol–water partition coefficient (Wildman–Crippen LogP) is 3.61. The third-order valence-electron chi connectivity index (χ3n) is 5.84. The highest BCUT2D eigenvalue weighted by Crippen LogP contribution is 2.27. The molecule has 0 radical (unpaired) electrons. The van der Waals surface area contributed by atoms with Crippen LogP contribution in [0.5, 0.6) is 0 Å². The number of hydrogen-bond donors (Lipinski definition) is 2. The van der Waals surface area contributed by atoms with Gasteiger partial charge in [0.25, 0.3) is 5.91 Å². The number of para-hydroxylation sites is 1. The van der Waals surface area contributed by atoms with Gasteiger partial charge in [-0.05, 0) is 55.5 Å². The van der Waals surface area contributed by atoms with E-state index in [2.05, 4.69) is 22.5 Å². The fraction of sp³-hybridized carbons (Fsp3) is 0.375. The summed E-state index contributed by atoms with van der Waals surface area (Å²) in [7, 11) is 1.73. The molecular formula is C24H29N5O2. The van der Waals surface area contributed by atoms with Gasteiger partial charge in [-0.3, -0.25) is 4.79 Å². The highest BCUT2D eigenvalue weighted by Gasteiger charge is 2.32. The summed E-state index contributed by atoms with van der Waals surface area (Å²) in [6.07, 6.45) is 3.27. The van der Waals surface area contributed by atoms with E-state index in [-0.39, 0.29) is 5.91 Å². The van der Waals surface area contributed by atoms with E-state index in [0.29, 0.717) is 5.69 Å². The maximum absolute atomic E-state index is 13.2. The van der Waals surface area contributed by atoms with Crippen molar-refractivity contribution in [3.05, 3.63) is 59.7 Å². The number of likely N-dealkylation sites (tertiary alicyclic amines) is 1. The smallest absolute Gasteiger partial charge is 0.321 e. The van der Waals surface area contributed by atoms with Gasteiger partial charge in [-0.1, -0.05) is 31.2 Å². The molecule has 1 fully saturated rings. The Hall–Kier alpha value is -3.35. The standard InChI is InChI=1S/C24H29N5O2/c1-3-17-10-9-11-18(16-17)25-24(31)27-21-23(30)28(2)20-13-6-5-12-19(20)22(26-21)29-14-7-4-8-15-29/h5-6,9-13,16,21H,3-4,7-8,14-15H2,1-2H3,(H2,25,27,31)/t21-/m0/s1. The number of benzodiazepines with no additional fused rings is 1. The summed E-state index contributed by atoms with van der Waals surface area (Å²) in [5.41, 5.74) is 3.54. The van der Waals surface area contributed by atoms with E-state index >= 15 is 0 Å². The number of fused-ring (bicyclic) bond motifs is 1. The molecule has 0 aromatic heterocycles. The highest BCUT2D eigenvalue weighted by molar-refractivity contribution is 6.12. The number of carbonyl (C=O) groups excluding carboxylic acids is 2. The molecule has 7 heteroatoms. The quantitative estimate of drug-likeness (QED) is 0.798. The zero-order valence-corrected chi connectivity index (χ0v) is 18.1. The van der Waals surface area contributed by atoms with Gasteiger partial charge in [0, 0.05) is 31.4 Å². The van der Waals surface area contributed by atoms with E-state index in [4.69, 9.17) is 4.99 Å². The van der Waals surface area contributed by atoms with E-state index in [1.165, 1.54) is 6.42 Å². The number of anilines is 2. The Morgan fingerprint density at radius 3 is 2.65 bits per heavy atom. The number of aryl methyl sites for hydroxylation is 1. The van der Waals surface area contributed by atoms with Gasteiger partial charge >= 0.3 is 6.03 Å². The molecule has 3 amide bonds. The van der Waals surface area contributed by atoms with Crippen LogP contribution in [-0.4, -0.2) is 49.0 Å². The van der Waals surface area contributed by atoms with Crippen molar-refractivity contribution in [1.29, 1.82) is 0 Å². The number of piperidine rings is 1. The number of likely N-dealkylation sites (N-methyl/N-ethyl adjacent to an activating group) is 1. The summed E-state index contributed by atoms with van der Waals surface area (Å²) >= 11 is 0. The van der Waals surface area contributed by atoms with E-state index in [0.717, 1.165) is 55.0 Å². The van der Waals surface area contributed by atoms with E-state index in [1.807, 2.05) is 48.5 Å². The first-order valence-corrected chi connectivity index (χ1v) is 10.9. The molecule has 162 valence electrons. The minimum Gasteiger partial charge on any atom is -0.356 e. The lowest BCUT2D eigenvalue weighted by atomic mass is 10.1. The lowest BCUT2D eigenvalue weighted by molar-refractivity contribution is -0.119. The molecule has 2 aromatic rings. The van der Waals surface area contributed by atoms with Gasteiger partial charge < -0.3 is 20.4 Å². The van der Waals surface area contributed by atoms with Crippen molar-refractivity contribution >= 4 is 29.1 Å². The summed E-state index contributed by atoms with van der Waals surface area (Å²) in [5, 5.41) is 5.61. The third kappa shape index (κ3) is 4.55. The van der Waals surface area contributed by atoms with Gasteiger partial charge in [0.05, 0.1) is 5.69 Å². The van der Waals surface area contributed by atoms with Crippen LogP contribution in [0.1, 0.15) is 37.3 Å². The van der Waals surface area contributed by atoms with Gasteiger partial charge in [0.1, 0.15) is 5.84 Å². The van der Waals surface area contributed by atoms with Gasteiger partial charge in [0.15, 0.2) is 0 Å². The topological polar surface area (TPSA) is 77.0 Å². The summed E-state index contributed by atoms with van der Waals surface area (Å²) in [6, 6.07) is 15.0. The Morgan fingerprint density at radius 1 is 1.10 bits per heavy atom. The van der Waals surface area contributed by atoms with Crippen LogP contribution in [0.3, 0.4) is 0 Å². The lowest BCUT2D eigenvalue weighted by Crippen LogP contribution is -2.48. The number of nitrogens with zero attached hydrogens (tertiary/aromatic N) is 3. The average Bonchev–Trinajstić information content (AvgIpc) is 2.90. The number of amides is 3. The molecule has 1 atom stereocenters. The lowest BCUT2D eigenvalue weighted by Gasteiger charge is -2.30. The van der Waals surface area contributed by atoms with Crippen LogP contribution < -0.4 is 15.5 Å². The number of carbonyl (C=O) groups is 2. The fourth-order valence-corrected chi connectivity index (χ4v) is 4.12. The van der Waals surface area contributed by atoms with Crippen molar-refractivity contribution in [3.63, 3.8) is 0 Å². The minimum absolute atomic E-state index is 0.267. The van der Waals surface area contributed by atoms with Crippen LogP contribution in [0.4, 0.5) is 16.2 Å². The molecule has 7 nitrogen and oxygen atoms in total. The highest BCUT2D eigenvalue weighted by atomic mass is 16.2. The van der Waals surface area contributed by atoms with Crippen LogP contribution in [-0.2, 0) is 11.2 Å². The second kappa shape index (κ2) is 9.20. The maximum Gasteiger partial charge on any atom is 0.321 e. The molecular weight excluding hydrogens is 390 g/mol. The first kappa shape index (κ1) is 20.9. The van der Waals surface area contributed by atoms with Gasteiger partial charge in [0.2, 0.25) is 6.17 Å². The summed E-state index contributed by atoms with van der Waals surface area (Å²) in [6.45, 7) is 3.86. The first-order valence-electron chi connectivity index (χ1n) is 10.9. The molecule has 31 heavy (non-hydrogen) atoms. The average molecular weight is 420 g/mol. The normalized spacial score (nSPS) is 18.7. The number of nitrogens with one attached hydrogen (secondary N) is 2. The Kier molecular flexibility index (Phi) is 6.21. The molecule has 2 aromatic carbocycles. The molecule has 2 heterocycles. The second-order valence-corrected chi connectivity index (χ2v) is 7.97. The SMILES string of the molecule is CCc1cccc(NC(=O)N[C@@H]2N=C(N3CCCCC3)c3ccccc3N(C)C2=O)c1. The van der Waals surface area contributed by atoms with Crippen molar-refractivity contribution in [1.82, 2.24) is 10.2 Å². The summed E-state index contributed by atoms with van der Waals surface area (Å²) in [4.78, 5) is 34.5. The maximum atomic E-state index is 13.2. The molecule has 0 saturated carbocycles. The molecule has 0 bridgehead atoms. The molecule has 4 rings (SSSR count). The van der Waals surface area contributed by atoms with E-state index in [9.17, 15) is 9.59 Å². The van der Waals surface area contributed by atoms with Gasteiger partial charge in [-0.2, -0.15) is 0 Å². The molecule has 1 saturated heterocycles. The largest absolute Gasteiger partial charge is 0.356 e. The molecule has 2 N–H and O–H groups in total. The van der Waals surface area contributed by atoms with Crippen molar-refractivity contribution < 1.29 is 9.59 Å². The van der Waals surface area contributed by atoms with Gasteiger partial charge in [-0.25, -0.2) is 9.79 Å². The van der Waals surface area contributed by atoms with E-state index in [1.54, 1.807) is 11.9 Å². The first-order chi connectivity index (χ1) is 15.1. The summed E-state index contributed by atoms with van der Waals surface area (Å²) < 4.78 is 0. The zero-order valence-electron chi connectivity index (χ0n) is 18.1. The predicted molar refractivity (Wildman–Crippen MR) is 124 cm³/mol. The number of aliphatic imine (C=N–C) groups is 1. The number of hydrogen-bond acceptors (Lipinski definition) is 4. The Morgan fingerprint density at radius 2 is 1.87 bits per heavy atom. The minimum atomic E-state index is -0.997. The third-order valence-corrected chi connectivity index (χ3v) is 5.84. The van der Waals surface area contributed by atoms with Crippen molar-refractivity contribution in [2.45, 2.75) is 38.8 Å². The second-order valence-electron chi connectivity index (χ2n) is 7.97. The summed E-state index contributed by atoms with van der Waals surface area (Å²) in [5.74, 6) is 0.503. The molecule has 2 aliphatic heterocycles. The molecule has 0 aliphatic carbocycles. The van der Waals surface area contributed by atoms with E-state index < -0.39 is 12.2 Å². The Balaban J connectivity index is 1.61. The van der Waals surface area contributed by atoms with Crippen LogP contribution >= 0.6 is 0 Å². The number of benzene rings is 2. The van der Waals surface area contributed by atoms with Crippen molar-refractivity contribution in [2.75, 3.05) is 30.4 Å². The number of rotatable bonds is 3. The molecule has 2 aliphatic rings. The van der Waals surface area contributed by atoms with Crippen LogP contribution in [0, 0.1) is 0 Å².